The van der Waals surface area contributed by atoms with Crippen molar-refractivity contribution in [3.8, 4) is 11.5 Å². The first-order valence-corrected chi connectivity index (χ1v) is 10.8. The number of anilines is 1. The smallest absolute Gasteiger partial charge is 0.254 e. The van der Waals surface area contributed by atoms with Crippen LogP contribution in [0.5, 0.6) is 11.5 Å². The van der Waals surface area contributed by atoms with Crippen LogP contribution in [0.2, 0.25) is 0 Å². The van der Waals surface area contributed by atoms with Gasteiger partial charge in [0.05, 0.1) is 45.0 Å². The fourth-order valence-electron chi connectivity index (χ4n) is 4.55. The molecule has 0 bridgehead atoms. The lowest BCUT2D eigenvalue weighted by Gasteiger charge is -2.36. The summed E-state index contributed by atoms with van der Waals surface area (Å²) in [6.45, 7) is 11.0. The average molecular weight is 410 g/mol. The van der Waals surface area contributed by atoms with E-state index in [1.165, 1.54) is 0 Å². The minimum atomic E-state index is 0.00530. The van der Waals surface area contributed by atoms with Crippen LogP contribution in [-0.2, 0) is 13.0 Å². The number of hydrogen-bond donors (Lipinski definition) is 1. The summed E-state index contributed by atoms with van der Waals surface area (Å²) in [5.74, 6) is 3.15. The molecule has 30 heavy (non-hydrogen) atoms. The highest BCUT2D eigenvalue weighted by Crippen LogP contribution is 2.34. The molecule has 4 heterocycles. The highest BCUT2D eigenvalue weighted by Gasteiger charge is 2.30. The standard InChI is InChI=1S/C22H27N5O3/c1-3-25-8-10-26(11-9-25)21-17-13-27(7-6-18(17)23-15(2)24-21)22(28)16-4-5-19-20(12-16)30-14-29-19/h4-5,12H,3,6-11,13-14H2,1-2H3/p+1. The third-order valence-corrected chi connectivity index (χ3v) is 6.33. The number of carbonyl (C=O) groups is 1. The molecule has 1 aromatic heterocycles. The van der Waals surface area contributed by atoms with E-state index < -0.39 is 0 Å². The fourth-order valence-corrected chi connectivity index (χ4v) is 4.55. The van der Waals surface area contributed by atoms with Crippen LogP contribution >= 0.6 is 0 Å². The molecule has 1 saturated heterocycles. The molecule has 1 aromatic carbocycles. The van der Waals surface area contributed by atoms with Gasteiger partial charge in [-0.25, -0.2) is 9.97 Å². The van der Waals surface area contributed by atoms with Gasteiger partial charge in [-0.15, -0.1) is 0 Å². The summed E-state index contributed by atoms with van der Waals surface area (Å²) >= 11 is 0. The summed E-state index contributed by atoms with van der Waals surface area (Å²) in [6, 6.07) is 5.39. The molecule has 1 amide bonds. The maximum atomic E-state index is 13.2. The number of benzene rings is 1. The van der Waals surface area contributed by atoms with Gasteiger partial charge in [0.1, 0.15) is 11.6 Å². The number of fused-ring (bicyclic) bond motifs is 2. The number of nitrogens with zero attached hydrogens (tertiary/aromatic N) is 4. The van der Waals surface area contributed by atoms with Crippen LogP contribution < -0.4 is 19.3 Å². The van der Waals surface area contributed by atoms with Crippen LogP contribution in [0, 0.1) is 6.92 Å². The summed E-state index contributed by atoms with van der Waals surface area (Å²) in [7, 11) is 0. The van der Waals surface area contributed by atoms with Crippen molar-refractivity contribution in [3.05, 3.63) is 40.8 Å². The van der Waals surface area contributed by atoms with E-state index in [1.54, 1.807) is 17.0 Å². The molecule has 158 valence electrons. The zero-order valence-electron chi connectivity index (χ0n) is 17.6. The van der Waals surface area contributed by atoms with Gasteiger partial charge in [0.15, 0.2) is 11.5 Å². The molecular formula is C22H28N5O3+. The second kappa shape index (κ2) is 7.75. The van der Waals surface area contributed by atoms with Crippen molar-refractivity contribution in [1.82, 2.24) is 14.9 Å². The largest absolute Gasteiger partial charge is 0.454 e. The van der Waals surface area contributed by atoms with E-state index in [0.717, 1.165) is 62.0 Å². The molecule has 0 saturated carbocycles. The highest BCUT2D eigenvalue weighted by atomic mass is 16.7. The van der Waals surface area contributed by atoms with Gasteiger partial charge >= 0.3 is 0 Å². The molecule has 0 spiro atoms. The zero-order valence-corrected chi connectivity index (χ0v) is 17.6. The van der Waals surface area contributed by atoms with E-state index in [2.05, 4.69) is 11.8 Å². The Balaban J connectivity index is 1.40. The number of aryl methyl sites for hydroxylation is 1. The molecule has 0 radical (unpaired) electrons. The summed E-state index contributed by atoms with van der Waals surface area (Å²) in [6.07, 6.45) is 0.752. The van der Waals surface area contributed by atoms with Crippen LogP contribution in [0.1, 0.15) is 34.4 Å². The summed E-state index contributed by atoms with van der Waals surface area (Å²) in [5.41, 5.74) is 2.80. The van der Waals surface area contributed by atoms with E-state index in [4.69, 9.17) is 19.4 Å². The molecule has 2 aromatic rings. The summed E-state index contributed by atoms with van der Waals surface area (Å²) in [5, 5.41) is 0. The Morgan fingerprint density at radius 1 is 1.13 bits per heavy atom. The van der Waals surface area contributed by atoms with Crippen molar-refractivity contribution in [2.75, 3.05) is 51.0 Å². The molecular weight excluding hydrogens is 382 g/mol. The van der Waals surface area contributed by atoms with Crippen LogP contribution in [0.15, 0.2) is 18.2 Å². The molecule has 3 aliphatic heterocycles. The van der Waals surface area contributed by atoms with E-state index in [-0.39, 0.29) is 12.7 Å². The first kappa shape index (κ1) is 19.1. The molecule has 0 unspecified atom stereocenters. The van der Waals surface area contributed by atoms with Crippen LogP contribution in [0.25, 0.3) is 0 Å². The molecule has 0 atom stereocenters. The quantitative estimate of drug-likeness (QED) is 0.792. The third kappa shape index (κ3) is 3.45. The Labute approximate surface area is 176 Å². The maximum Gasteiger partial charge on any atom is 0.254 e. The zero-order chi connectivity index (χ0) is 20.7. The Morgan fingerprint density at radius 2 is 1.93 bits per heavy atom. The lowest BCUT2D eigenvalue weighted by Crippen LogP contribution is -3.14. The van der Waals surface area contributed by atoms with Gasteiger partial charge < -0.3 is 24.2 Å². The Morgan fingerprint density at radius 3 is 2.73 bits per heavy atom. The first-order valence-electron chi connectivity index (χ1n) is 10.8. The first-order chi connectivity index (χ1) is 14.6. The lowest BCUT2D eigenvalue weighted by atomic mass is 10.0. The molecule has 1 fully saturated rings. The van der Waals surface area contributed by atoms with E-state index in [1.807, 2.05) is 17.9 Å². The minimum Gasteiger partial charge on any atom is -0.454 e. The second-order valence-electron chi connectivity index (χ2n) is 8.16. The number of aromatic nitrogens is 2. The molecule has 8 heteroatoms. The number of rotatable bonds is 3. The van der Waals surface area contributed by atoms with Gasteiger partial charge in [-0.3, -0.25) is 4.79 Å². The van der Waals surface area contributed by atoms with Gasteiger partial charge in [0.25, 0.3) is 5.91 Å². The number of likely N-dealkylation sites (N-methyl/N-ethyl adjacent to an activating group) is 1. The monoisotopic (exact) mass is 410 g/mol. The van der Waals surface area contributed by atoms with E-state index in [0.29, 0.717) is 30.2 Å². The van der Waals surface area contributed by atoms with Crippen LogP contribution in [0.3, 0.4) is 0 Å². The van der Waals surface area contributed by atoms with E-state index >= 15 is 0 Å². The van der Waals surface area contributed by atoms with Gasteiger partial charge in [-0.05, 0) is 32.0 Å². The molecule has 5 rings (SSSR count). The van der Waals surface area contributed by atoms with E-state index in [9.17, 15) is 4.79 Å². The highest BCUT2D eigenvalue weighted by molar-refractivity contribution is 5.95. The predicted octanol–water partition coefficient (Wildman–Crippen LogP) is 0.437. The number of carbonyl (C=O) groups excluding carboxylic acids is 1. The average Bonchev–Trinajstić information content (AvgIpc) is 3.26. The number of ether oxygens (including phenoxy) is 2. The van der Waals surface area contributed by atoms with Gasteiger partial charge in [0, 0.05) is 24.1 Å². The number of hydrogen-bond acceptors (Lipinski definition) is 6. The Hall–Kier alpha value is -2.87. The van der Waals surface area contributed by atoms with Crippen molar-refractivity contribution in [2.45, 2.75) is 26.8 Å². The van der Waals surface area contributed by atoms with Crippen molar-refractivity contribution in [1.29, 1.82) is 0 Å². The summed E-state index contributed by atoms with van der Waals surface area (Å²) in [4.78, 5) is 28.6. The Kier molecular flexibility index (Phi) is 4.94. The van der Waals surface area contributed by atoms with Gasteiger partial charge in [-0.2, -0.15) is 0 Å². The molecule has 0 aliphatic carbocycles. The Bertz CT molecular complexity index is 971. The number of piperazine rings is 1. The second-order valence-corrected chi connectivity index (χ2v) is 8.16. The SMILES string of the molecule is CC[NH+]1CCN(c2nc(C)nc3c2CN(C(=O)c2ccc4c(c2)OCO4)CC3)CC1. The summed E-state index contributed by atoms with van der Waals surface area (Å²) < 4.78 is 10.8. The number of amides is 1. The minimum absolute atomic E-state index is 0.00530. The van der Waals surface area contributed by atoms with Crippen LogP contribution in [0.4, 0.5) is 5.82 Å². The van der Waals surface area contributed by atoms with Crippen molar-refractivity contribution in [3.63, 3.8) is 0 Å². The van der Waals surface area contributed by atoms with Crippen LogP contribution in [-0.4, -0.2) is 66.8 Å². The molecule has 3 aliphatic rings. The lowest BCUT2D eigenvalue weighted by molar-refractivity contribution is -0.898. The van der Waals surface area contributed by atoms with Crippen molar-refractivity contribution in [2.24, 2.45) is 0 Å². The van der Waals surface area contributed by atoms with Gasteiger partial charge in [0.2, 0.25) is 6.79 Å². The third-order valence-electron chi connectivity index (χ3n) is 6.33. The fraction of sp³-hybridized carbons (Fsp3) is 0.500. The van der Waals surface area contributed by atoms with Crippen molar-refractivity contribution < 1.29 is 19.2 Å². The topological polar surface area (TPSA) is 72.2 Å². The van der Waals surface area contributed by atoms with Gasteiger partial charge in [-0.1, -0.05) is 0 Å². The van der Waals surface area contributed by atoms with Crippen molar-refractivity contribution >= 4 is 11.7 Å². The number of nitrogens with one attached hydrogen (secondary N) is 1. The molecule has 8 nitrogen and oxygen atoms in total. The normalized spacial score (nSPS) is 18.5. The molecule has 1 N–H and O–H groups in total. The predicted molar refractivity (Wildman–Crippen MR) is 111 cm³/mol. The maximum absolute atomic E-state index is 13.2. The number of quaternary nitrogens is 1.